The van der Waals surface area contributed by atoms with Crippen molar-refractivity contribution < 1.29 is 4.74 Å². The van der Waals surface area contributed by atoms with E-state index in [1.54, 1.807) is 25.3 Å². The maximum Gasteiger partial charge on any atom is 0.291 e. The molecule has 0 spiro atoms. The third-order valence-electron chi connectivity index (χ3n) is 3.74. The molecule has 130 valence electrons. The minimum atomic E-state index is -0.215. The van der Waals surface area contributed by atoms with Crippen molar-refractivity contribution in [3.8, 4) is 17.1 Å². The van der Waals surface area contributed by atoms with E-state index >= 15 is 0 Å². The molecule has 0 amide bonds. The van der Waals surface area contributed by atoms with Gasteiger partial charge < -0.3 is 4.74 Å². The van der Waals surface area contributed by atoms with Crippen molar-refractivity contribution in [1.29, 1.82) is 0 Å². The number of fused-ring (bicyclic) bond motifs is 1. The molecule has 5 nitrogen and oxygen atoms in total. The Morgan fingerprint density at radius 3 is 2.85 bits per heavy atom. The maximum absolute atomic E-state index is 12.7. The molecule has 0 unspecified atom stereocenters. The van der Waals surface area contributed by atoms with Gasteiger partial charge in [-0.3, -0.25) is 4.79 Å². The molecule has 8 heteroatoms. The van der Waals surface area contributed by atoms with Crippen molar-refractivity contribution in [2.24, 2.45) is 0 Å². The lowest BCUT2D eigenvalue weighted by Gasteiger charge is -2.04. The molecule has 0 saturated carbocycles. The van der Waals surface area contributed by atoms with Crippen LogP contribution in [-0.4, -0.2) is 21.7 Å². The monoisotopic (exact) mass is 447 g/mol. The number of ether oxygens (including phenoxy) is 1. The molecule has 0 N–H and O–H groups in total. The molecule has 2 heterocycles. The van der Waals surface area contributed by atoms with Gasteiger partial charge in [-0.05, 0) is 36.4 Å². The van der Waals surface area contributed by atoms with Crippen molar-refractivity contribution in [2.75, 3.05) is 7.11 Å². The molecule has 0 aliphatic carbocycles. The molecule has 0 radical (unpaired) electrons. The van der Waals surface area contributed by atoms with Crippen molar-refractivity contribution in [2.45, 2.75) is 0 Å². The molecular formula is C18H11BrClN3O2S. The molecule has 2 aromatic carbocycles. The minimum absolute atomic E-state index is 0.215. The highest BCUT2D eigenvalue weighted by atomic mass is 79.9. The van der Waals surface area contributed by atoms with Gasteiger partial charge in [0.2, 0.25) is 4.96 Å². The Hall–Kier alpha value is -2.22. The van der Waals surface area contributed by atoms with Gasteiger partial charge in [0.25, 0.3) is 5.56 Å². The van der Waals surface area contributed by atoms with E-state index < -0.39 is 0 Å². The molecule has 0 aliphatic rings. The van der Waals surface area contributed by atoms with Gasteiger partial charge in [0, 0.05) is 20.6 Å². The first-order valence-corrected chi connectivity index (χ1v) is 9.54. The summed E-state index contributed by atoms with van der Waals surface area (Å²) in [6.07, 6.45) is 1.78. The van der Waals surface area contributed by atoms with Crippen molar-refractivity contribution in [3.63, 3.8) is 0 Å². The Morgan fingerprint density at radius 2 is 2.12 bits per heavy atom. The smallest absolute Gasteiger partial charge is 0.291 e. The van der Waals surface area contributed by atoms with Gasteiger partial charge in [0.05, 0.1) is 11.6 Å². The van der Waals surface area contributed by atoms with Crippen LogP contribution in [0.3, 0.4) is 0 Å². The van der Waals surface area contributed by atoms with Crippen LogP contribution >= 0.6 is 38.9 Å². The van der Waals surface area contributed by atoms with Gasteiger partial charge >= 0.3 is 0 Å². The maximum atomic E-state index is 12.7. The molecule has 0 fully saturated rings. The number of halogens is 2. The summed E-state index contributed by atoms with van der Waals surface area (Å²) in [6.45, 7) is 0. The number of thiazole rings is 1. The second-order valence-corrected chi connectivity index (χ2v) is 7.80. The lowest BCUT2D eigenvalue weighted by molar-refractivity contribution is 0.414. The normalized spacial score (nSPS) is 12.0. The van der Waals surface area contributed by atoms with Crippen LogP contribution in [-0.2, 0) is 0 Å². The fourth-order valence-corrected chi connectivity index (χ4v) is 4.01. The SMILES string of the molecule is COc1ccc(Br)cc1/C=c1\sc2nc(-c3cccc(Cl)c3)nn2c1=O. The average molecular weight is 449 g/mol. The lowest BCUT2D eigenvalue weighted by Crippen LogP contribution is -2.23. The highest BCUT2D eigenvalue weighted by Crippen LogP contribution is 2.24. The Balaban J connectivity index is 1.84. The predicted octanol–water partition coefficient (Wildman–Crippen LogP) is 3.79. The van der Waals surface area contributed by atoms with Crippen molar-refractivity contribution in [1.82, 2.24) is 14.6 Å². The first-order chi connectivity index (χ1) is 12.5. The number of methoxy groups -OCH3 is 1. The average Bonchev–Trinajstić information content (AvgIpc) is 3.15. The van der Waals surface area contributed by atoms with E-state index in [-0.39, 0.29) is 5.56 Å². The summed E-state index contributed by atoms with van der Waals surface area (Å²) in [5, 5.41) is 4.93. The van der Waals surface area contributed by atoms with Crippen LogP contribution in [0.1, 0.15) is 5.56 Å². The van der Waals surface area contributed by atoms with Gasteiger partial charge in [-0.1, -0.05) is 51.0 Å². The van der Waals surface area contributed by atoms with Gasteiger partial charge in [0.15, 0.2) is 5.82 Å². The van der Waals surface area contributed by atoms with Gasteiger partial charge in [0.1, 0.15) is 5.75 Å². The minimum Gasteiger partial charge on any atom is -0.496 e. The van der Waals surface area contributed by atoms with Crippen LogP contribution in [0.5, 0.6) is 5.75 Å². The van der Waals surface area contributed by atoms with Crippen LogP contribution in [0, 0.1) is 0 Å². The van der Waals surface area contributed by atoms with E-state index in [1.165, 1.54) is 15.9 Å². The van der Waals surface area contributed by atoms with Crippen LogP contribution in [0.4, 0.5) is 0 Å². The van der Waals surface area contributed by atoms with E-state index in [0.717, 1.165) is 15.6 Å². The largest absolute Gasteiger partial charge is 0.496 e. The second-order valence-electron chi connectivity index (χ2n) is 5.44. The van der Waals surface area contributed by atoms with Crippen molar-refractivity contribution >= 4 is 49.9 Å². The predicted molar refractivity (Wildman–Crippen MR) is 107 cm³/mol. The molecular weight excluding hydrogens is 438 g/mol. The Morgan fingerprint density at radius 1 is 1.27 bits per heavy atom. The summed E-state index contributed by atoms with van der Waals surface area (Å²) in [4.78, 5) is 17.7. The Kier molecular flexibility index (Phi) is 4.52. The van der Waals surface area contributed by atoms with Gasteiger partial charge in [-0.15, -0.1) is 5.10 Å². The molecule has 4 rings (SSSR count). The molecule has 0 saturated heterocycles. The standard InChI is InChI=1S/C18H11BrClN3O2S/c1-25-14-6-5-12(19)7-11(14)9-15-17(24)23-18(26-15)21-16(22-23)10-3-2-4-13(20)8-10/h2-9H,1H3/b15-9-. The summed E-state index contributed by atoms with van der Waals surface area (Å²) in [5.41, 5.74) is 1.36. The number of aromatic nitrogens is 3. The van der Waals surface area contributed by atoms with Crippen molar-refractivity contribution in [3.05, 3.63) is 72.4 Å². The molecule has 0 aliphatic heterocycles. The number of nitrogens with zero attached hydrogens (tertiary/aromatic N) is 3. The number of benzene rings is 2. The fourth-order valence-electron chi connectivity index (χ4n) is 2.54. The molecule has 2 aromatic heterocycles. The fraction of sp³-hybridized carbons (Fsp3) is 0.0556. The number of rotatable bonds is 3. The molecule has 0 bridgehead atoms. The van der Waals surface area contributed by atoms with Gasteiger partial charge in [-0.25, -0.2) is 0 Å². The van der Waals surface area contributed by atoms with Crippen LogP contribution in [0.25, 0.3) is 22.4 Å². The second kappa shape index (κ2) is 6.83. The van der Waals surface area contributed by atoms with E-state index in [0.29, 0.717) is 26.1 Å². The highest BCUT2D eigenvalue weighted by molar-refractivity contribution is 9.10. The summed E-state index contributed by atoms with van der Waals surface area (Å²) < 4.78 is 8.11. The number of hydrogen-bond acceptors (Lipinski definition) is 5. The lowest BCUT2D eigenvalue weighted by atomic mass is 10.2. The highest BCUT2D eigenvalue weighted by Gasteiger charge is 2.12. The zero-order valence-corrected chi connectivity index (χ0v) is 16.6. The summed E-state index contributed by atoms with van der Waals surface area (Å²) in [7, 11) is 1.60. The first kappa shape index (κ1) is 17.2. The number of hydrogen-bond donors (Lipinski definition) is 0. The van der Waals surface area contributed by atoms with E-state index in [1.807, 2.05) is 30.3 Å². The van der Waals surface area contributed by atoms with Crippen LogP contribution in [0.15, 0.2) is 51.7 Å². The van der Waals surface area contributed by atoms with E-state index in [2.05, 4.69) is 26.0 Å². The molecule has 4 aromatic rings. The quantitative estimate of drug-likeness (QED) is 0.478. The van der Waals surface area contributed by atoms with E-state index in [9.17, 15) is 4.79 Å². The topological polar surface area (TPSA) is 56.5 Å². The zero-order chi connectivity index (χ0) is 18.3. The zero-order valence-electron chi connectivity index (χ0n) is 13.4. The van der Waals surface area contributed by atoms with E-state index in [4.69, 9.17) is 16.3 Å². The van der Waals surface area contributed by atoms with Crippen LogP contribution < -0.4 is 14.8 Å². The Bertz CT molecular complexity index is 1240. The molecule has 26 heavy (non-hydrogen) atoms. The van der Waals surface area contributed by atoms with Gasteiger partial charge in [-0.2, -0.15) is 9.50 Å². The third kappa shape index (κ3) is 3.13. The first-order valence-electron chi connectivity index (χ1n) is 7.56. The molecule has 0 atom stereocenters. The summed E-state index contributed by atoms with van der Waals surface area (Å²) >= 11 is 10.7. The Labute approximate surface area is 165 Å². The summed E-state index contributed by atoms with van der Waals surface area (Å²) in [5.74, 6) is 1.16. The third-order valence-corrected chi connectivity index (χ3v) is 5.43. The van der Waals surface area contributed by atoms with Crippen LogP contribution in [0.2, 0.25) is 5.02 Å². The summed E-state index contributed by atoms with van der Waals surface area (Å²) in [6, 6.07) is 12.8.